The van der Waals surface area contributed by atoms with Gasteiger partial charge in [-0.25, -0.2) is 14.5 Å². The van der Waals surface area contributed by atoms with Gasteiger partial charge >= 0.3 is 5.97 Å². The van der Waals surface area contributed by atoms with Crippen LogP contribution in [0.15, 0.2) is 36.7 Å². The van der Waals surface area contributed by atoms with Crippen LogP contribution >= 0.6 is 0 Å². The average molecular weight is 426 g/mol. The summed E-state index contributed by atoms with van der Waals surface area (Å²) in [5, 5.41) is 14.9. The fourth-order valence-electron chi connectivity index (χ4n) is 3.77. The van der Waals surface area contributed by atoms with E-state index >= 15 is 0 Å². The lowest BCUT2D eigenvalue weighted by Gasteiger charge is -2.34. The highest BCUT2D eigenvalue weighted by atomic mass is 16.5. The molecule has 4 rings (SSSR count). The molecule has 1 aliphatic heterocycles. The summed E-state index contributed by atoms with van der Waals surface area (Å²) in [6, 6.07) is 7.77. The number of methoxy groups -OCH3 is 1. The van der Waals surface area contributed by atoms with Gasteiger partial charge in [0.25, 0.3) is 0 Å². The van der Waals surface area contributed by atoms with Crippen LogP contribution in [0.2, 0.25) is 0 Å². The maximum absolute atomic E-state index is 12.7. The predicted molar refractivity (Wildman–Crippen MR) is 115 cm³/mol. The van der Waals surface area contributed by atoms with Crippen molar-refractivity contribution in [3.63, 3.8) is 0 Å². The Morgan fingerprint density at radius 2 is 2.10 bits per heavy atom. The van der Waals surface area contributed by atoms with Gasteiger partial charge in [-0.3, -0.25) is 0 Å². The summed E-state index contributed by atoms with van der Waals surface area (Å²) in [6.07, 6.45) is 2.96. The third kappa shape index (κ3) is 4.33. The van der Waals surface area contributed by atoms with E-state index in [1.165, 1.54) is 0 Å². The summed E-state index contributed by atoms with van der Waals surface area (Å²) < 4.78 is 17.9. The number of aliphatic hydroxyl groups excluding tert-OH is 1. The highest BCUT2D eigenvalue weighted by Crippen LogP contribution is 2.32. The van der Waals surface area contributed by atoms with Crippen molar-refractivity contribution in [2.75, 3.05) is 44.9 Å². The molecule has 164 valence electrons. The van der Waals surface area contributed by atoms with Gasteiger partial charge in [-0.1, -0.05) is 12.1 Å². The van der Waals surface area contributed by atoms with E-state index in [4.69, 9.17) is 14.2 Å². The van der Waals surface area contributed by atoms with E-state index in [1.54, 1.807) is 31.1 Å². The summed E-state index contributed by atoms with van der Waals surface area (Å²) in [7, 11) is 1.63. The van der Waals surface area contributed by atoms with Gasteiger partial charge in [-0.05, 0) is 24.6 Å². The predicted octanol–water partition coefficient (Wildman–Crippen LogP) is 1.86. The van der Waals surface area contributed by atoms with Crippen molar-refractivity contribution >= 4 is 22.7 Å². The molecule has 2 aromatic heterocycles. The molecule has 1 atom stereocenters. The number of anilines is 1. The number of hydrogen-bond donors (Lipinski definition) is 1. The number of carbonyl (C=O) groups excluding carboxylic acids is 1. The van der Waals surface area contributed by atoms with E-state index in [2.05, 4.69) is 10.1 Å². The van der Waals surface area contributed by atoms with Crippen molar-refractivity contribution < 1.29 is 24.1 Å². The zero-order valence-electron chi connectivity index (χ0n) is 17.7. The highest BCUT2D eigenvalue weighted by molar-refractivity contribution is 6.04. The number of pyridine rings is 1. The Kier molecular flexibility index (Phi) is 6.34. The normalized spacial score (nSPS) is 16.5. The van der Waals surface area contributed by atoms with E-state index < -0.39 is 5.97 Å². The van der Waals surface area contributed by atoms with E-state index in [0.29, 0.717) is 43.1 Å². The van der Waals surface area contributed by atoms with Crippen LogP contribution in [-0.4, -0.2) is 72.0 Å². The third-order valence-electron chi connectivity index (χ3n) is 5.28. The molecule has 31 heavy (non-hydrogen) atoms. The number of nitrogens with zero attached hydrogens (tertiary/aromatic N) is 4. The van der Waals surface area contributed by atoms with E-state index in [0.717, 1.165) is 16.7 Å². The van der Waals surface area contributed by atoms with Gasteiger partial charge in [0.2, 0.25) is 0 Å². The number of rotatable bonds is 7. The summed E-state index contributed by atoms with van der Waals surface area (Å²) in [6.45, 7) is 3.99. The third-order valence-corrected chi connectivity index (χ3v) is 5.28. The van der Waals surface area contributed by atoms with Crippen LogP contribution in [0.25, 0.3) is 11.0 Å². The van der Waals surface area contributed by atoms with Crippen LogP contribution in [0.3, 0.4) is 0 Å². The smallest absolute Gasteiger partial charge is 0.341 e. The van der Waals surface area contributed by atoms with Crippen LogP contribution in [0.1, 0.15) is 22.8 Å². The Morgan fingerprint density at radius 1 is 1.29 bits per heavy atom. The van der Waals surface area contributed by atoms with Gasteiger partial charge in [-0.2, -0.15) is 5.10 Å². The van der Waals surface area contributed by atoms with Crippen molar-refractivity contribution in [1.82, 2.24) is 14.8 Å². The Bertz CT molecular complexity index is 1050. The first-order chi connectivity index (χ1) is 15.1. The standard InChI is InChI=1S/C22H26N4O5/c1-3-30-22(28)19-10-23-21-18(20(19)25-8-9-31-17(13-25)14-27)11-24-26(21)12-15-4-6-16(29-2)7-5-15/h4-7,10-11,17,27H,3,8-9,12-14H2,1-2H3/t17-/m0/s1. The Labute approximate surface area is 180 Å². The van der Waals surface area contributed by atoms with Crippen LogP contribution < -0.4 is 9.64 Å². The summed E-state index contributed by atoms with van der Waals surface area (Å²) in [4.78, 5) is 19.2. The lowest BCUT2D eigenvalue weighted by atomic mass is 10.1. The first-order valence-corrected chi connectivity index (χ1v) is 10.3. The van der Waals surface area contributed by atoms with Crippen LogP contribution in [-0.2, 0) is 16.0 Å². The minimum Gasteiger partial charge on any atom is -0.497 e. The van der Waals surface area contributed by atoms with Crippen LogP contribution in [0.4, 0.5) is 5.69 Å². The lowest BCUT2D eigenvalue weighted by Crippen LogP contribution is -2.44. The first kappa shape index (κ1) is 21.1. The molecule has 0 saturated carbocycles. The fraction of sp³-hybridized carbons (Fsp3) is 0.409. The molecule has 0 amide bonds. The molecule has 3 heterocycles. The molecule has 0 aliphatic carbocycles. The molecule has 0 unspecified atom stereocenters. The minimum absolute atomic E-state index is 0.0871. The van der Waals surface area contributed by atoms with E-state index in [1.807, 2.05) is 29.2 Å². The minimum atomic E-state index is -0.429. The zero-order chi connectivity index (χ0) is 21.8. The molecule has 1 saturated heterocycles. The molecular formula is C22H26N4O5. The molecule has 9 nitrogen and oxygen atoms in total. The molecule has 1 N–H and O–H groups in total. The topological polar surface area (TPSA) is 98.9 Å². The number of ether oxygens (including phenoxy) is 3. The van der Waals surface area contributed by atoms with Crippen molar-refractivity contribution in [2.45, 2.75) is 19.6 Å². The summed E-state index contributed by atoms with van der Waals surface area (Å²) in [5.41, 5.74) is 2.82. The van der Waals surface area contributed by atoms with Crippen molar-refractivity contribution in [3.8, 4) is 5.75 Å². The molecule has 0 radical (unpaired) electrons. The van der Waals surface area contributed by atoms with Gasteiger partial charge < -0.3 is 24.2 Å². The van der Waals surface area contributed by atoms with Crippen LogP contribution in [0, 0.1) is 0 Å². The summed E-state index contributed by atoms with van der Waals surface area (Å²) in [5.74, 6) is 0.362. The molecule has 0 bridgehead atoms. The largest absolute Gasteiger partial charge is 0.497 e. The van der Waals surface area contributed by atoms with E-state index in [-0.39, 0.29) is 19.3 Å². The zero-order valence-corrected chi connectivity index (χ0v) is 17.7. The number of morpholine rings is 1. The second-order valence-electron chi connectivity index (χ2n) is 7.25. The average Bonchev–Trinajstić information content (AvgIpc) is 3.21. The van der Waals surface area contributed by atoms with Crippen molar-refractivity contribution in [1.29, 1.82) is 0 Å². The Balaban J connectivity index is 1.74. The van der Waals surface area contributed by atoms with Crippen molar-refractivity contribution in [3.05, 3.63) is 47.8 Å². The number of benzene rings is 1. The SMILES string of the molecule is CCOC(=O)c1cnc2c(cnn2Cc2ccc(OC)cc2)c1N1CCO[C@H](CO)C1. The molecule has 9 heteroatoms. The molecule has 3 aromatic rings. The number of fused-ring (bicyclic) bond motifs is 1. The molecule has 0 spiro atoms. The maximum atomic E-state index is 12.7. The van der Waals surface area contributed by atoms with Crippen LogP contribution in [0.5, 0.6) is 5.75 Å². The first-order valence-electron chi connectivity index (χ1n) is 10.3. The number of aromatic nitrogens is 3. The van der Waals surface area contributed by atoms with Gasteiger partial charge in [0, 0.05) is 19.3 Å². The quantitative estimate of drug-likeness (QED) is 0.572. The van der Waals surface area contributed by atoms with Gasteiger partial charge in [-0.15, -0.1) is 0 Å². The Hall–Kier alpha value is -3.17. The second-order valence-corrected chi connectivity index (χ2v) is 7.25. The summed E-state index contributed by atoms with van der Waals surface area (Å²) >= 11 is 0. The number of esters is 1. The highest BCUT2D eigenvalue weighted by Gasteiger charge is 2.28. The van der Waals surface area contributed by atoms with Gasteiger partial charge in [0.15, 0.2) is 5.65 Å². The molecule has 1 aromatic carbocycles. The monoisotopic (exact) mass is 426 g/mol. The Morgan fingerprint density at radius 3 is 2.81 bits per heavy atom. The molecule has 1 aliphatic rings. The van der Waals surface area contributed by atoms with Gasteiger partial charge in [0.1, 0.15) is 11.3 Å². The number of carbonyl (C=O) groups is 1. The second kappa shape index (κ2) is 9.32. The maximum Gasteiger partial charge on any atom is 0.341 e. The van der Waals surface area contributed by atoms with E-state index in [9.17, 15) is 9.90 Å². The lowest BCUT2D eigenvalue weighted by molar-refractivity contribution is 0.00353. The van der Waals surface area contributed by atoms with Crippen molar-refractivity contribution in [2.24, 2.45) is 0 Å². The number of hydrogen-bond acceptors (Lipinski definition) is 8. The van der Waals surface area contributed by atoms with Gasteiger partial charge in [0.05, 0.1) is 56.8 Å². The molecular weight excluding hydrogens is 400 g/mol. The fourth-order valence-corrected chi connectivity index (χ4v) is 3.77. The molecule has 1 fully saturated rings. The number of aliphatic hydroxyl groups is 1.